The molecule has 0 fully saturated rings. The molecule has 0 aliphatic carbocycles. The predicted octanol–water partition coefficient (Wildman–Crippen LogP) is 2.50. The van der Waals surface area contributed by atoms with E-state index in [-0.39, 0.29) is 30.8 Å². The van der Waals surface area contributed by atoms with E-state index in [2.05, 4.69) is 20.7 Å². The highest BCUT2D eigenvalue weighted by atomic mass is 79.9. The second kappa shape index (κ2) is 6.40. The first-order valence-electron chi connectivity index (χ1n) is 3.71. The van der Waals surface area contributed by atoms with Crippen LogP contribution in [0.15, 0.2) is 15.9 Å². The second-order valence-electron chi connectivity index (χ2n) is 2.53. The van der Waals surface area contributed by atoms with Crippen molar-refractivity contribution in [2.45, 2.75) is 12.5 Å². The van der Waals surface area contributed by atoms with Gasteiger partial charge in [0.25, 0.3) is 0 Å². The summed E-state index contributed by atoms with van der Waals surface area (Å²) in [6, 6.07) is 3.56. The predicted molar refractivity (Wildman–Crippen MR) is 62.8 cm³/mol. The summed E-state index contributed by atoms with van der Waals surface area (Å²) < 4.78 is 5.54. The lowest BCUT2D eigenvalue weighted by molar-refractivity contribution is -0.141. The average molecular weight is 301 g/mol. The van der Waals surface area contributed by atoms with Crippen LogP contribution in [0, 0.1) is 0 Å². The zero-order chi connectivity index (χ0) is 9.84. The normalized spacial score (nSPS) is 11.6. The Labute approximate surface area is 101 Å². The lowest BCUT2D eigenvalue weighted by Gasteiger charge is -2.06. The van der Waals surface area contributed by atoms with E-state index in [1.54, 1.807) is 0 Å². The monoisotopic (exact) mass is 299 g/mol. The van der Waals surface area contributed by atoms with Crippen LogP contribution in [0.3, 0.4) is 0 Å². The fourth-order valence-electron chi connectivity index (χ4n) is 0.891. The molecule has 14 heavy (non-hydrogen) atoms. The van der Waals surface area contributed by atoms with E-state index in [0.29, 0.717) is 0 Å². The lowest BCUT2D eigenvalue weighted by Crippen LogP contribution is -2.14. The van der Waals surface area contributed by atoms with Crippen molar-refractivity contribution in [1.29, 1.82) is 0 Å². The molecule has 0 saturated carbocycles. The third kappa shape index (κ3) is 3.96. The summed E-state index contributed by atoms with van der Waals surface area (Å²) in [6.45, 7) is 0. The zero-order valence-electron chi connectivity index (χ0n) is 7.53. The molecular weight excluding hydrogens is 290 g/mol. The summed E-state index contributed by atoms with van der Waals surface area (Å²) >= 11 is 4.86. The van der Waals surface area contributed by atoms with Gasteiger partial charge in [-0.2, -0.15) is 0 Å². The quantitative estimate of drug-likeness (QED) is 0.873. The lowest BCUT2D eigenvalue weighted by atomic mass is 10.2. The minimum Gasteiger partial charge on any atom is -0.469 e. The van der Waals surface area contributed by atoms with Crippen molar-refractivity contribution in [3.8, 4) is 0 Å². The maximum Gasteiger partial charge on any atom is 0.307 e. The summed E-state index contributed by atoms with van der Waals surface area (Å²) in [7, 11) is 1.36. The van der Waals surface area contributed by atoms with Crippen molar-refractivity contribution in [3.63, 3.8) is 0 Å². The molecular formula is C8H11BrClNO2S. The Bertz CT molecular complexity index is 305. The molecule has 0 amide bonds. The van der Waals surface area contributed by atoms with Gasteiger partial charge in [-0.05, 0) is 28.1 Å². The number of thiophene rings is 1. The first kappa shape index (κ1) is 13.9. The summed E-state index contributed by atoms with van der Waals surface area (Å²) in [5, 5.41) is 0. The molecule has 3 nitrogen and oxygen atoms in total. The van der Waals surface area contributed by atoms with Crippen LogP contribution in [-0.2, 0) is 9.53 Å². The largest absolute Gasteiger partial charge is 0.469 e. The van der Waals surface area contributed by atoms with E-state index in [9.17, 15) is 4.79 Å². The molecule has 1 aromatic rings. The van der Waals surface area contributed by atoms with Gasteiger partial charge in [0, 0.05) is 10.9 Å². The Morgan fingerprint density at radius 2 is 2.36 bits per heavy atom. The highest BCUT2D eigenvalue weighted by Crippen LogP contribution is 2.27. The standard InChI is InChI=1S/C8H10BrNO2S.ClH/c1-12-8(11)4-5(10)6-2-3-7(9)13-6;/h2-3,5H,4,10H2,1H3;1H/t5-;/m0./s1. The van der Waals surface area contributed by atoms with Gasteiger partial charge in [0.1, 0.15) is 0 Å². The van der Waals surface area contributed by atoms with Crippen LogP contribution in [0.1, 0.15) is 17.3 Å². The Hall–Kier alpha value is -0.100. The Balaban J connectivity index is 0.00000169. The number of ether oxygens (including phenoxy) is 1. The van der Waals surface area contributed by atoms with Crippen LogP contribution in [0.25, 0.3) is 0 Å². The number of nitrogens with two attached hydrogens (primary N) is 1. The number of esters is 1. The molecule has 0 radical (unpaired) electrons. The van der Waals surface area contributed by atoms with Crippen LogP contribution in [0.5, 0.6) is 0 Å². The summed E-state index contributed by atoms with van der Waals surface area (Å²) in [6.07, 6.45) is 0.226. The minimum atomic E-state index is -0.281. The van der Waals surface area contributed by atoms with Crippen molar-refractivity contribution in [3.05, 3.63) is 20.8 Å². The molecule has 0 spiro atoms. The van der Waals surface area contributed by atoms with E-state index in [1.165, 1.54) is 18.4 Å². The van der Waals surface area contributed by atoms with Crippen LogP contribution in [-0.4, -0.2) is 13.1 Å². The van der Waals surface area contributed by atoms with Crippen molar-refractivity contribution in [2.24, 2.45) is 5.73 Å². The molecule has 0 saturated heterocycles. The number of hydrogen-bond donors (Lipinski definition) is 1. The Morgan fingerprint density at radius 1 is 1.71 bits per heavy atom. The van der Waals surface area contributed by atoms with Gasteiger partial charge < -0.3 is 10.5 Å². The van der Waals surface area contributed by atoms with Gasteiger partial charge in [0.15, 0.2) is 0 Å². The van der Waals surface area contributed by atoms with Gasteiger partial charge in [-0.25, -0.2) is 0 Å². The van der Waals surface area contributed by atoms with E-state index in [4.69, 9.17) is 5.73 Å². The third-order valence-electron chi connectivity index (χ3n) is 1.57. The molecule has 6 heteroatoms. The SMILES string of the molecule is COC(=O)C[C@H](N)c1ccc(Br)s1.Cl. The van der Waals surface area contributed by atoms with Crippen molar-refractivity contribution in [1.82, 2.24) is 0 Å². The fraction of sp³-hybridized carbons (Fsp3) is 0.375. The maximum atomic E-state index is 10.9. The van der Waals surface area contributed by atoms with Crippen molar-refractivity contribution >= 4 is 45.6 Å². The van der Waals surface area contributed by atoms with Crippen LogP contribution >= 0.6 is 39.7 Å². The van der Waals surface area contributed by atoms with Crippen LogP contribution in [0.4, 0.5) is 0 Å². The number of methoxy groups -OCH3 is 1. The molecule has 0 aliphatic heterocycles. The number of halogens is 2. The van der Waals surface area contributed by atoms with Gasteiger partial charge in [-0.1, -0.05) is 0 Å². The summed E-state index contributed by atoms with van der Waals surface area (Å²) in [4.78, 5) is 11.9. The van der Waals surface area contributed by atoms with Crippen molar-refractivity contribution in [2.75, 3.05) is 7.11 Å². The van der Waals surface area contributed by atoms with Crippen molar-refractivity contribution < 1.29 is 9.53 Å². The van der Waals surface area contributed by atoms with Gasteiger partial charge in [-0.3, -0.25) is 4.79 Å². The third-order valence-corrected chi connectivity index (χ3v) is 3.33. The summed E-state index contributed by atoms with van der Waals surface area (Å²) in [5.41, 5.74) is 5.77. The molecule has 1 aromatic heterocycles. The molecule has 0 aromatic carbocycles. The van der Waals surface area contributed by atoms with Gasteiger partial charge in [-0.15, -0.1) is 23.7 Å². The van der Waals surface area contributed by atoms with E-state index < -0.39 is 0 Å². The van der Waals surface area contributed by atoms with E-state index in [1.807, 2.05) is 12.1 Å². The Morgan fingerprint density at radius 3 is 2.79 bits per heavy atom. The number of carbonyl (C=O) groups is 1. The molecule has 2 N–H and O–H groups in total. The topological polar surface area (TPSA) is 52.3 Å². The average Bonchev–Trinajstić information content (AvgIpc) is 2.51. The van der Waals surface area contributed by atoms with Crippen LogP contribution in [0.2, 0.25) is 0 Å². The first-order valence-corrected chi connectivity index (χ1v) is 5.32. The second-order valence-corrected chi connectivity index (χ2v) is 5.02. The molecule has 1 heterocycles. The molecule has 1 rings (SSSR count). The first-order chi connectivity index (χ1) is 6.13. The Kier molecular flexibility index (Phi) is 6.35. The zero-order valence-corrected chi connectivity index (χ0v) is 10.7. The number of rotatable bonds is 3. The van der Waals surface area contributed by atoms with Gasteiger partial charge in [0.2, 0.25) is 0 Å². The maximum absolute atomic E-state index is 10.9. The number of carbonyl (C=O) groups excluding carboxylic acids is 1. The fourth-order valence-corrected chi connectivity index (χ4v) is 2.32. The van der Waals surface area contributed by atoms with Gasteiger partial charge >= 0.3 is 5.97 Å². The highest BCUT2D eigenvalue weighted by molar-refractivity contribution is 9.11. The molecule has 0 unspecified atom stereocenters. The summed E-state index contributed by atoms with van der Waals surface area (Å²) in [5.74, 6) is -0.281. The highest BCUT2D eigenvalue weighted by Gasteiger charge is 2.13. The van der Waals surface area contributed by atoms with E-state index >= 15 is 0 Å². The molecule has 0 bridgehead atoms. The number of hydrogen-bond acceptors (Lipinski definition) is 4. The smallest absolute Gasteiger partial charge is 0.307 e. The molecule has 80 valence electrons. The van der Waals surface area contributed by atoms with Crippen LogP contribution < -0.4 is 5.73 Å². The van der Waals surface area contributed by atoms with E-state index in [0.717, 1.165) is 8.66 Å². The molecule has 0 aliphatic rings. The minimum absolute atomic E-state index is 0. The van der Waals surface area contributed by atoms with Gasteiger partial charge in [0.05, 0.1) is 17.3 Å². The molecule has 1 atom stereocenters.